The Bertz CT molecular complexity index is 1430. The summed E-state index contributed by atoms with van der Waals surface area (Å²) in [7, 11) is -0.410. The number of nitro groups is 1. The van der Waals surface area contributed by atoms with Gasteiger partial charge in [-0.3, -0.25) is 19.2 Å². The smallest absolute Gasteiger partial charge is 0.289 e. The Kier molecular flexibility index (Phi) is 8.64. The van der Waals surface area contributed by atoms with E-state index in [1.165, 1.54) is 57.9 Å². The SMILES string of the molecule is COc1ccc(N(CC(=O)N/N=C/c2ccccc2OC)S(=O)(=O)c2ccccc2[N+](=O)[O-])c(OC)c1. The molecule has 0 fully saturated rings. The highest BCUT2D eigenvalue weighted by Crippen LogP contribution is 2.37. The summed E-state index contributed by atoms with van der Waals surface area (Å²) in [6.07, 6.45) is 1.34. The van der Waals surface area contributed by atoms with Gasteiger partial charge >= 0.3 is 0 Å². The lowest BCUT2D eigenvalue weighted by atomic mass is 10.2. The normalized spacial score (nSPS) is 11.1. The first-order valence-corrected chi connectivity index (χ1v) is 12.1. The quantitative estimate of drug-likeness (QED) is 0.227. The number of rotatable bonds is 11. The highest BCUT2D eigenvalue weighted by atomic mass is 32.2. The number of benzene rings is 3. The van der Waals surface area contributed by atoms with E-state index in [4.69, 9.17) is 14.2 Å². The van der Waals surface area contributed by atoms with E-state index in [-0.39, 0.29) is 11.4 Å². The Balaban J connectivity index is 2.01. The topological polar surface area (TPSA) is 150 Å². The Morgan fingerprint density at radius 3 is 2.35 bits per heavy atom. The minimum absolute atomic E-state index is 0.0368. The van der Waals surface area contributed by atoms with Crippen LogP contribution < -0.4 is 23.9 Å². The number of carbonyl (C=O) groups excluding carboxylic acids is 1. The van der Waals surface area contributed by atoms with Crippen molar-refractivity contribution in [2.75, 3.05) is 32.2 Å². The van der Waals surface area contributed by atoms with Crippen LogP contribution in [0, 0.1) is 10.1 Å². The number of nitrogens with one attached hydrogen (secondary N) is 1. The number of hydrazone groups is 1. The molecule has 0 spiro atoms. The van der Waals surface area contributed by atoms with Crippen molar-refractivity contribution < 1.29 is 32.3 Å². The summed E-state index contributed by atoms with van der Waals surface area (Å²) in [5, 5.41) is 15.4. The molecule has 0 aliphatic carbocycles. The van der Waals surface area contributed by atoms with Crippen LogP contribution in [0.25, 0.3) is 0 Å². The first-order valence-electron chi connectivity index (χ1n) is 10.7. The lowest BCUT2D eigenvalue weighted by molar-refractivity contribution is -0.387. The van der Waals surface area contributed by atoms with Crippen LogP contribution in [0.2, 0.25) is 0 Å². The number of carbonyl (C=O) groups is 1. The first-order chi connectivity index (χ1) is 17.7. The standard InChI is InChI=1S/C24H24N4O8S/c1-34-18-12-13-19(22(14-18)36-3)27(37(32,33)23-11-7-5-9-20(23)28(30)31)16-24(29)26-25-15-17-8-4-6-10-21(17)35-2/h4-15H,16H2,1-3H3,(H,26,29)/b25-15+. The second kappa shape index (κ2) is 11.9. The Labute approximate surface area is 213 Å². The van der Waals surface area contributed by atoms with Crippen molar-refractivity contribution in [2.24, 2.45) is 5.10 Å². The molecule has 3 aromatic carbocycles. The molecule has 0 bridgehead atoms. The van der Waals surface area contributed by atoms with Crippen molar-refractivity contribution in [2.45, 2.75) is 4.90 Å². The molecule has 0 radical (unpaired) electrons. The largest absolute Gasteiger partial charge is 0.497 e. The first kappa shape index (κ1) is 26.9. The van der Waals surface area contributed by atoms with Gasteiger partial charge in [-0.25, -0.2) is 13.8 Å². The van der Waals surface area contributed by atoms with Gasteiger partial charge in [0.15, 0.2) is 4.90 Å². The number of methoxy groups -OCH3 is 3. The third-order valence-electron chi connectivity index (χ3n) is 5.10. The summed E-state index contributed by atoms with van der Waals surface area (Å²) < 4.78 is 43.8. The molecule has 12 nitrogen and oxygen atoms in total. The zero-order valence-electron chi connectivity index (χ0n) is 20.2. The van der Waals surface area contributed by atoms with Crippen LogP contribution in [0.3, 0.4) is 0 Å². The number of hydrogen-bond donors (Lipinski definition) is 1. The average Bonchev–Trinajstić information content (AvgIpc) is 2.91. The van der Waals surface area contributed by atoms with E-state index in [9.17, 15) is 23.3 Å². The van der Waals surface area contributed by atoms with Crippen LogP contribution in [0.5, 0.6) is 17.2 Å². The fourth-order valence-corrected chi connectivity index (χ4v) is 4.94. The minimum atomic E-state index is -4.63. The highest BCUT2D eigenvalue weighted by Gasteiger charge is 2.34. The summed E-state index contributed by atoms with van der Waals surface area (Å²) in [5.41, 5.74) is 2.17. The van der Waals surface area contributed by atoms with Gasteiger partial charge in [-0.2, -0.15) is 5.10 Å². The van der Waals surface area contributed by atoms with Gasteiger partial charge in [0.25, 0.3) is 21.6 Å². The fraction of sp³-hybridized carbons (Fsp3) is 0.167. The fourth-order valence-electron chi connectivity index (χ4n) is 3.35. The molecule has 194 valence electrons. The second-order valence-electron chi connectivity index (χ2n) is 7.31. The van der Waals surface area contributed by atoms with Crippen molar-refractivity contribution >= 4 is 33.5 Å². The average molecular weight is 529 g/mol. The molecule has 13 heteroatoms. The van der Waals surface area contributed by atoms with Gasteiger partial charge in [-0.15, -0.1) is 0 Å². The molecule has 0 saturated carbocycles. The van der Waals surface area contributed by atoms with E-state index in [1.54, 1.807) is 24.3 Å². The van der Waals surface area contributed by atoms with Crippen LogP contribution in [-0.4, -0.2) is 53.3 Å². The molecule has 1 N–H and O–H groups in total. The summed E-state index contributed by atoms with van der Waals surface area (Å²) in [6.45, 7) is -0.764. The van der Waals surface area contributed by atoms with Gasteiger partial charge in [0, 0.05) is 17.7 Å². The number of nitro benzene ring substituents is 1. The van der Waals surface area contributed by atoms with E-state index < -0.39 is 38.0 Å². The maximum Gasteiger partial charge on any atom is 0.289 e. The Morgan fingerprint density at radius 1 is 1.00 bits per heavy atom. The summed E-state index contributed by atoms with van der Waals surface area (Å²) >= 11 is 0. The van der Waals surface area contributed by atoms with E-state index in [0.717, 1.165) is 12.1 Å². The number of para-hydroxylation sites is 2. The molecule has 0 heterocycles. The van der Waals surface area contributed by atoms with Crippen LogP contribution in [-0.2, 0) is 14.8 Å². The van der Waals surface area contributed by atoms with Crippen LogP contribution in [0.1, 0.15) is 5.56 Å². The number of amides is 1. The molecule has 0 aliphatic rings. The molecule has 37 heavy (non-hydrogen) atoms. The van der Waals surface area contributed by atoms with Gasteiger partial charge in [0.2, 0.25) is 0 Å². The second-order valence-corrected chi connectivity index (χ2v) is 9.14. The third kappa shape index (κ3) is 6.13. The van der Waals surface area contributed by atoms with Crippen LogP contribution in [0.4, 0.5) is 11.4 Å². The van der Waals surface area contributed by atoms with E-state index >= 15 is 0 Å². The van der Waals surface area contributed by atoms with E-state index in [1.807, 2.05) is 0 Å². The maximum absolute atomic E-state index is 13.7. The van der Waals surface area contributed by atoms with Gasteiger partial charge in [0.05, 0.1) is 38.2 Å². The monoisotopic (exact) mass is 528 g/mol. The van der Waals surface area contributed by atoms with Gasteiger partial charge < -0.3 is 14.2 Å². The predicted molar refractivity (Wildman–Crippen MR) is 136 cm³/mol. The molecule has 3 aromatic rings. The lowest BCUT2D eigenvalue weighted by Crippen LogP contribution is -2.40. The van der Waals surface area contributed by atoms with Crippen LogP contribution >= 0.6 is 0 Å². The number of ether oxygens (including phenoxy) is 3. The van der Waals surface area contributed by atoms with E-state index in [0.29, 0.717) is 21.4 Å². The Morgan fingerprint density at radius 2 is 1.68 bits per heavy atom. The molecular formula is C24H24N4O8S. The van der Waals surface area contributed by atoms with Gasteiger partial charge in [0.1, 0.15) is 23.8 Å². The molecule has 1 amide bonds. The zero-order chi connectivity index (χ0) is 27.0. The number of sulfonamides is 1. The summed E-state index contributed by atoms with van der Waals surface area (Å²) in [4.78, 5) is 23.0. The number of nitrogens with zero attached hydrogens (tertiary/aromatic N) is 3. The predicted octanol–water partition coefficient (Wildman–Crippen LogP) is 2.97. The maximum atomic E-state index is 13.7. The van der Waals surface area contributed by atoms with Crippen molar-refractivity contribution in [1.29, 1.82) is 0 Å². The Hall–Kier alpha value is -4.65. The van der Waals surface area contributed by atoms with Crippen molar-refractivity contribution in [3.8, 4) is 17.2 Å². The molecule has 0 saturated heterocycles. The summed E-state index contributed by atoms with van der Waals surface area (Å²) in [5.74, 6) is 0.136. The van der Waals surface area contributed by atoms with Crippen molar-refractivity contribution in [3.05, 3.63) is 82.4 Å². The minimum Gasteiger partial charge on any atom is -0.497 e. The van der Waals surface area contributed by atoms with Gasteiger partial charge in [-0.1, -0.05) is 24.3 Å². The molecule has 0 atom stereocenters. The van der Waals surface area contributed by atoms with Crippen molar-refractivity contribution in [3.63, 3.8) is 0 Å². The molecule has 3 rings (SSSR count). The molecule has 0 aromatic heterocycles. The van der Waals surface area contributed by atoms with E-state index in [2.05, 4.69) is 10.5 Å². The van der Waals surface area contributed by atoms with Crippen LogP contribution in [0.15, 0.2) is 76.7 Å². The molecular weight excluding hydrogens is 504 g/mol. The lowest BCUT2D eigenvalue weighted by Gasteiger charge is -2.25. The van der Waals surface area contributed by atoms with Crippen molar-refractivity contribution in [1.82, 2.24) is 5.43 Å². The zero-order valence-corrected chi connectivity index (χ0v) is 21.0. The molecule has 0 unspecified atom stereocenters. The third-order valence-corrected chi connectivity index (χ3v) is 6.91. The highest BCUT2D eigenvalue weighted by molar-refractivity contribution is 7.93. The summed E-state index contributed by atoms with van der Waals surface area (Å²) in [6, 6.07) is 16.0. The van der Waals surface area contributed by atoms with Gasteiger partial charge in [-0.05, 0) is 30.3 Å². The number of hydrogen-bond acceptors (Lipinski definition) is 9. The molecule has 0 aliphatic heterocycles. The number of anilines is 1.